The number of hydrogen-bond donors (Lipinski definition) is 1. The molecule has 0 saturated heterocycles. The van der Waals surface area contributed by atoms with Crippen LogP contribution in [-0.4, -0.2) is 31.1 Å². The number of para-hydroxylation sites is 1. The first kappa shape index (κ1) is 14.9. The molecule has 0 unspecified atom stereocenters. The Morgan fingerprint density at radius 2 is 2.18 bits per heavy atom. The van der Waals surface area contributed by atoms with Gasteiger partial charge in [-0.15, -0.1) is 10.2 Å². The minimum atomic E-state index is -4.00. The van der Waals surface area contributed by atoms with Crippen molar-refractivity contribution in [2.75, 3.05) is 16.2 Å². The lowest BCUT2D eigenvalue weighted by Gasteiger charge is -2.17. The van der Waals surface area contributed by atoms with Gasteiger partial charge in [-0.25, -0.2) is 4.39 Å². The summed E-state index contributed by atoms with van der Waals surface area (Å²) in [7, 11) is -4.00. The number of carbonyl (C=O) groups is 1. The highest BCUT2D eigenvalue weighted by Crippen LogP contribution is 2.36. The second-order valence-electron chi connectivity index (χ2n) is 4.63. The molecule has 1 aromatic carbocycles. The average Bonchev–Trinajstić information content (AvgIpc) is 3.05. The van der Waals surface area contributed by atoms with Gasteiger partial charge in [-0.05, 0) is 18.1 Å². The standard InChI is InChI=1S/C12H11FN4O3S2/c1-7(18)14-11-15-16-12(21-11)22(19,20)17-6-5-8-3-2-4-9(13)10(8)17/h2-4H,5-6H2,1H3,(H,14,15,18). The smallest absolute Gasteiger partial charge is 0.293 e. The van der Waals surface area contributed by atoms with E-state index >= 15 is 0 Å². The molecule has 1 N–H and O–H groups in total. The van der Waals surface area contributed by atoms with Gasteiger partial charge in [0, 0.05) is 13.5 Å². The molecule has 2 aromatic rings. The van der Waals surface area contributed by atoms with Crippen molar-refractivity contribution in [2.24, 2.45) is 0 Å². The molecule has 1 aromatic heterocycles. The van der Waals surface area contributed by atoms with E-state index in [1.807, 2.05) is 0 Å². The van der Waals surface area contributed by atoms with E-state index in [9.17, 15) is 17.6 Å². The van der Waals surface area contributed by atoms with Crippen LogP contribution in [0.15, 0.2) is 22.5 Å². The Labute approximate surface area is 129 Å². The average molecular weight is 342 g/mol. The van der Waals surface area contributed by atoms with Crippen molar-refractivity contribution in [3.63, 3.8) is 0 Å². The van der Waals surface area contributed by atoms with Crippen molar-refractivity contribution in [1.29, 1.82) is 0 Å². The Kier molecular flexibility index (Phi) is 3.57. The molecule has 0 aliphatic carbocycles. The topological polar surface area (TPSA) is 92.3 Å². The molecule has 0 radical (unpaired) electrons. The monoisotopic (exact) mass is 342 g/mol. The van der Waals surface area contributed by atoms with E-state index in [0.717, 1.165) is 15.6 Å². The highest BCUT2D eigenvalue weighted by atomic mass is 32.2. The molecule has 1 aliphatic heterocycles. The van der Waals surface area contributed by atoms with E-state index in [4.69, 9.17) is 0 Å². The van der Waals surface area contributed by atoms with Gasteiger partial charge in [-0.1, -0.05) is 23.5 Å². The summed E-state index contributed by atoms with van der Waals surface area (Å²) in [6.45, 7) is 1.43. The molecular weight excluding hydrogens is 331 g/mol. The molecule has 1 amide bonds. The Balaban J connectivity index is 1.99. The molecule has 7 nitrogen and oxygen atoms in total. The van der Waals surface area contributed by atoms with E-state index < -0.39 is 15.8 Å². The highest BCUT2D eigenvalue weighted by molar-refractivity contribution is 7.94. The van der Waals surface area contributed by atoms with E-state index in [1.165, 1.54) is 13.0 Å². The van der Waals surface area contributed by atoms with Crippen molar-refractivity contribution >= 4 is 38.1 Å². The number of anilines is 2. The number of fused-ring (bicyclic) bond motifs is 1. The van der Waals surface area contributed by atoms with Crippen LogP contribution in [0.3, 0.4) is 0 Å². The molecule has 10 heteroatoms. The summed E-state index contributed by atoms with van der Waals surface area (Å²) in [6.07, 6.45) is 0.434. The Hall–Kier alpha value is -2.07. The zero-order chi connectivity index (χ0) is 15.9. The fourth-order valence-corrected chi connectivity index (χ4v) is 4.78. The normalized spacial score (nSPS) is 14.0. The number of rotatable bonds is 3. The van der Waals surface area contributed by atoms with Crippen molar-refractivity contribution in [2.45, 2.75) is 17.7 Å². The lowest BCUT2D eigenvalue weighted by atomic mass is 10.2. The van der Waals surface area contributed by atoms with E-state index in [0.29, 0.717) is 12.0 Å². The maximum absolute atomic E-state index is 14.0. The van der Waals surface area contributed by atoms with Gasteiger partial charge in [0.05, 0.1) is 5.69 Å². The summed E-state index contributed by atoms with van der Waals surface area (Å²) in [6, 6.07) is 4.45. The van der Waals surface area contributed by atoms with Crippen LogP contribution in [0.25, 0.3) is 0 Å². The first-order valence-electron chi connectivity index (χ1n) is 6.31. The molecule has 22 heavy (non-hydrogen) atoms. The minimum absolute atomic E-state index is 0.0544. The number of hydrogen-bond acceptors (Lipinski definition) is 6. The number of benzene rings is 1. The van der Waals surface area contributed by atoms with Gasteiger partial charge in [-0.2, -0.15) is 8.42 Å². The summed E-state index contributed by atoms with van der Waals surface area (Å²) in [5.74, 6) is -0.970. The molecule has 116 valence electrons. The summed E-state index contributed by atoms with van der Waals surface area (Å²) in [5.41, 5.74) is 0.689. The Bertz CT molecular complexity index is 850. The Morgan fingerprint density at radius 3 is 2.91 bits per heavy atom. The van der Waals surface area contributed by atoms with Gasteiger partial charge in [0.25, 0.3) is 14.4 Å². The summed E-state index contributed by atoms with van der Waals surface area (Å²) < 4.78 is 39.9. The molecule has 0 atom stereocenters. The number of amides is 1. The third-order valence-corrected chi connectivity index (χ3v) is 6.09. The molecule has 0 fully saturated rings. The fraction of sp³-hybridized carbons (Fsp3) is 0.250. The van der Waals surface area contributed by atoms with Crippen LogP contribution in [0, 0.1) is 5.82 Å². The van der Waals surface area contributed by atoms with Crippen molar-refractivity contribution in [3.8, 4) is 0 Å². The van der Waals surface area contributed by atoms with Crippen molar-refractivity contribution in [1.82, 2.24) is 10.2 Å². The highest BCUT2D eigenvalue weighted by Gasteiger charge is 2.35. The molecular formula is C12H11FN4O3S2. The maximum Gasteiger partial charge on any atom is 0.293 e. The zero-order valence-corrected chi connectivity index (χ0v) is 13.0. The lowest BCUT2D eigenvalue weighted by Crippen LogP contribution is -2.29. The van der Waals surface area contributed by atoms with Gasteiger partial charge in [0.2, 0.25) is 11.0 Å². The quantitative estimate of drug-likeness (QED) is 0.851. The van der Waals surface area contributed by atoms with Crippen LogP contribution >= 0.6 is 11.3 Å². The largest absolute Gasteiger partial charge is 0.301 e. The van der Waals surface area contributed by atoms with E-state index in [1.54, 1.807) is 12.1 Å². The zero-order valence-electron chi connectivity index (χ0n) is 11.4. The van der Waals surface area contributed by atoms with E-state index in [-0.39, 0.29) is 27.6 Å². The fourth-order valence-electron chi connectivity index (χ4n) is 2.22. The van der Waals surface area contributed by atoms with Gasteiger partial charge >= 0.3 is 0 Å². The summed E-state index contributed by atoms with van der Waals surface area (Å²) in [4.78, 5) is 11.0. The van der Waals surface area contributed by atoms with Crippen molar-refractivity contribution in [3.05, 3.63) is 29.6 Å². The third kappa shape index (κ3) is 2.44. The van der Waals surface area contributed by atoms with Crippen molar-refractivity contribution < 1.29 is 17.6 Å². The first-order valence-corrected chi connectivity index (χ1v) is 8.56. The number of aromatic nitrogens is 2. The predicted octanol–water partition coefficient (Wildman–Crippen LogP) is 1.39. The SMILES string of the molecule is CC(=O)Nc1nnc(S(=O)(=O)N2CCc3cccc(F)c32)s1. The lowest BCUT2D eigenvalue weighted by molar-refractivity contribution is -0.114. The van der Waals surface area contributed by atoms with Crippen LogP contribution in [0.1, 0.15) is 12.5 Å². The third-order valence-electron chi connectivity index (χ3n) is 3.10. The molecule has 1 aliphatic rings. The van der Waals surface area contributed by atoms with Crippen LogP contribution < -0.4 is 9.62 Å². The van der Waals surface area contributed by atoms with Crippen LogP contribution in [0.4, 0.5) is 15.2 Å². The summed E-state index contributed by atoms with van der Waals surface area (Å²) >= 11 is 0.729. The minimum Gasteiger partial charge on any atom is -0.301 e. The van der Waals surface area contributed by atoms with E-state index in [2.05, 4.69) is 15.5 Å². The number of carbonyl (C=O) groups excluding carboxylic acids is 1. The molecule has 0 spiro atoms. The van der Waals surface area contributed by atoms with Crippen LogP contribution in [-0.2, 0) is 21.2 Å². The van der Waals surface area contributed by atoms with Gasteiger partial charge < -0.3 is 5.32 Å². The number of sulfonamides is 1. The molecule has 2 heterocycles. The first-order chi connectivity index (χ1) is 10.4. The van der Waals surface area contributed by atoms with Crippen LogP contribution in [0.5, 0.6) is 0 Å². The maximum atomic E-state index is 14.0. The van der Waals surface area contributed by atoms with Gasteiger partial charge in [0.15, 0.2) is 0 Å². The molecule has 0 saturated carbocycles. The van der Waals surface area contributed by atoms with Crippen LogP contribution in [0.2, 0.25) is 0 Å². The van der Waals surface area contributed by atoms with Gasteiger partial charge in [0.1, 0.15) is 5.82 Å². The van der Waals surface area contributed by atoms with Gasteiger partial charge in [-0.3, -0.25) is 9.10 Å². The predicted molar refractivity (Wildman–Crippen MR) is 78.8 cm³/mol. The Morgan fingerprint density at radius 1 is 1.41 bits per heavy atom. The second kappa shape index (κ2) is 5.29. The molecule has 0 bridgehead atoms. The second-order valence-corrected chi connectivity index (χ2v) is 7.64. The number of halogens is 1. The number of nitrogens with one attached hydrogen (secondary N) is 1. The number of nitrogens with zero attached hydrogens (tertiary/aromatic N) is 3. The summed E-state index contributed by atoms with van der Waals surface area (Å²) in [5, 5.41) is 9.65. The molecule has 3 rings (SSSR count).